The minimum absolute atomic E-state index is 0.241. The van der Waals surface area contributed by atoms with Crippen molar-refractivity contribution in [3.8, 4) is 0 Å². The molecule has 24 heavy (non-hydrogen) atoms. The van der Waals surface area contributed by atoms with Gasteiger partial charge >= 0.3 is 0 Å². The Bertz CT molecular complexity index is 857. The number of amides is 1. The second-order valence-corrected chi connectivity index (χ2v) is 8.17. The molecular formula is C16H19N3O3S2. The van der Waals surface area contributed by atoms with Crippen molar-refractivity contribution in [1.29, 1.82) is 0 Å². The Labute approximate surface area is 145 Å². The quantitative estimate of drug-likeness (QED) is 0.771. The average Bonchev–Trinajstić information content (AvgIpc) is 2.89. The monoisotopic (exact) mass is 365 g/mol. The third-order valence-corrected chi connectivity index (χ3v) is 4.49. The van der Waals surface area contributed by atoms with Gasteiger partial charge in [-0.15, -0.1) is 11.3 Å². The molecule has 0 saturated carbocycles. The number of aromatic nitrogens is 1. The SMILES string of the molecule is Cc1nc(/C=C/C(=O)NC(C)c2cccc(NS(C)(=O)=O)c2)cs1. The maximum Gasteiger partial charge on any atom is 0.244 e. The lowest BCUT2D eigenvalue weighted by atomic mass is 10.1. The smallest absolute Gasteiger partial charge is 0.244 e. The van der Waals surface area contributed by atoms with Crippen molar-refractivity contribution >= 4 is 39.0 Å². The number of aryl methyl sites for hydroxylation is 1. The highest BCUT2D eigenvalue weighted by Gasteiger charge is 2.09. The first-order valence-electron chi connectivity index (χ1n) is 7.21. The van der Waals surface area contributed by atoms with Crippen molar-refractivity contribution in [3.63, 3.8) is 0 Å². The Morgan fingerprint density at radius 1 is 1.38 bits per heavy atom. The summed E-state index contributed by atoms with van der Waals surface area (Å²) < 4.78 is 25.0. The van der Waals surface area contributed by atoms with Crippen LogP contribution in [0.5, 0.6) is 0 Å². The van der Waals surface area contributed by atoms with Crippen LogP contribution in [0.2, 0.25) is 0 Å². The van der Waals surface area contributed by atoms with Crippen LogP contribution in [0, 0.1) is 6.92 Å². The molecule has 6 nitrogen and oxygen atoms in total. The molecular weight excluding hydrogens is 346 g/mol. The number of rotatable bonds is 6. The number of carbonyl (C=O) groups excluding carboxylic acids is 1. The second-order valence-electron chi connectivity index (χ2n) is 5.35. The van der Waals surface area contributed by atoms with E-state index in [1.165, 1.54) is 17.4 Å². The van der Waals surface area contributed by atoms with E-state index in [9.17, 15) is 13.2 Å². The van der Waals surface area contributed by atoms with Gasteiger partial charge in [0.1, 0.15) is 0 Å². The van der Waals surface area contributed by atoms with E-state index in [1.54, 1.807) is 24.3 Å². The number of hydrogen-bond donors (Lipinski definition) is 2. The molecule has 0 aliphatic carbocycles. The summed E-state index contributed by atoms with van der Waals surface area (Å²) in [7, 11) is -3.33. The number of benzene rings is 1. The van der Waals surface area contributed by atoms with Gasteiger partial charge in [-0.25, -0.2) is 13.4 Å². The molecule has 0 saturated heterocycles. The highest BCUT2D eigenvalue weighted by Crippen LogP contribution is 2.18. The Hall–Kier alpha value is -2.19. The van der Waals surface area contributed by atoms with Gasteiger partial charge in [0, 0.05) is 17.1 Å². The maximum atomic E-state index is 12.0. The second kappa shape index (κ2) is 7.59. The van der Waals surface area contributed by atoms with Crippen LogP contribution >= 0.6 is 11.3 Å². The third kappa shape index (κ3) is 5.78. The molecule has 8 heteroatoms. The predicted octanol–water partition coefficient (Wildman–Crippen LogP) is 2.71. The van der Waals surface area contributed by atoms with Crippen LogP contribution < -0.4 is 10.0 Å². The first-order chi connectivity index (χ1) is 11.2. The standard InChI is InChI=1S/C16H19N3O3S2/c1-11(13-5-4-6-14(9-13)19-24(3,21)22)17-16(20)8-7-15-10-23-12(2)18-15/h4-11,19H,1-3H3,(H,17,20)/b8-7+. The molecule has 2 aromatic rings. The van der Waals surface area contributed by atoms with Crippen molar-refractivity contribution < 1.29 is 13.2 Å². The molecule has 0 bridgehead atoms. The van der Waals surface area contributed by atoms with Crippen LogP contribution in [0.1, 0.15) is 29.2 Å². The zero-order chi connectivity index (χ0) is 17.7. The van der Waals surface area contributed by atoms with Crippen LogP contribution in [0.3, 0.4) is 0 Å². The number of nitrogens with zero attached hydrogens (tertiary/aromatic N) is 1. The minimum atomic E-state index is -3.33. The van der Waals surface area contributed by atoms with Gasteiger partial charge in [0.15, 0.2) is 0 Å². The molecule has 0 aliphatic heterocycles. The van der Waals surface area contributed by atoms with E-state index in [0.29, 0.717) is 5.69 Å². The zero-order valence-corrected chi connectivity index (χ0v) is 15.2. The van der Waals surface area contributed by atoms with Gasteiger partial charge in [0.25, 0.3) is 0 Å². The first-order valence-corrected chi connectivity index (χ1v) is 9.98. The molecule has 128 valence electrons. The lowest BCUT2D eigenvalue weighted by Crippen LogP contribution is -2.24. The van der Waals surface area contributed by atoms with Crippen molar-refractivity contribution in [1.82, 2.24) is 10.3 Å². The normalized spacial score (nSPS) is 13.0. The van der Waals surface area contributed by atoms with Crippen LogP contribution in [0.15, 0.2) is 35.7 Å². The molecule has 1 aromatic carbocycles. The van der Waals surface area contributed by atoms with E-state index in [0.717, 1.165) is 22.5 Å². The molecule has 2 rings (SSSR count). The summed E-state index contributed by atoms with van der Waals surface area (Å²) in [5.74, 6) is -0.241. The van der Waals surface area contributed by atoms with Gasteiger partial charge in [-0.1, -0.05) is 12.1 Å². The lowest BCUT2D eigenvalue weighted by molar-refractivity contribution is -0.117. The number of anilines is 1. The van der Waals surface area contributed by atoms with E-state index in [1.807, 2.05) is 25.3 Å². The van der Waals surface area contributed by atoms with Gasteiger partial charge in [-0.2, -0.15) is 0 Å². The largest absolute Gasteiger partial charge is 0.346 e. The van der Waals surface area contributed by atoms with E-state index < -0.39 is 10.0 Å². The van der Waals surface area contributed by atoms with Gasteiger partial charge in [-0.05, 0) is 37.6 Å². The topological polar surface area (TPSA) is 88.2 Å². The summed E-state index contributed by atoms with van der Waals surface area (Å²) in [6.45, 7) is 3.74. The minimum Gasteiger partial charge on any atom is -0.346 e. The van der Waals surface area contributed by atoms with E-state index in [4.69, 9.17) is 0 Å². The van der Waals surface area contributed by atoms with E-state index in [2.05, 4.69) is 15.0 Å². The summed E-state index contributed by atoms with van der Waals surface area (Å²) in [5.41, 5.74) is 2.01. The highest BCUT2D eigenvalue weighted by atomic mass is 32.2. The zero-order valence-electron chi connectivity index (χ0n) is 13.6. The molecule has 0 fully saturated rings. The van der Waals surface area contributed by atoms with Gasteiger partial charge in [-0.3, -0.25) is 9.52 Å². The summed E-state index contributed by atoms with van der Waals surface area (Å²) in [4.78, 5) is 16.2. The lowest BCUT2D eigenvalue weighted by Gasteiger charge is -2.14. The highest BCUT2D eigenvalue weighted by molar-refractivity contribution is 7.92. The van der Waals surface area contributed by atoms with Crippen LogP contribution in [0.4, 0.5) is 5.69 Å². The van der Waals surface area contributed by atoms with E-state index >= 15 is 0 Å². The molecule has 0 aliphatic rings. The van der Waals surface area contributed by atoms with Crippen LogP contribution in [-0.4, -0.2) is 25.6 Å². The molecule has 1 atom stereocenters. The van der Waals surface area contributed by atoms with Crippen LogP contribution in [-0.2, 0) is 14.8 Å². The van der Waals surface area contributed by atoms with Crippen molar-refractivity contribution in [2.24, 2.45) is 0 Å². The van der Waals surface area contributed by atoms with Crippen molar-refractivity contribution in [2.45, 2.75) is 19.9 Å². The summed E-state index contributed by atoms with van der Waals surface area (Å²) >= 11 is 1.52. The fraction of sp³-hybridized carbons (Fsp3) is 0.250. The van der Waals surface area contributed by atoms with Gasteiger partial charge in [0.2, 0.25) is 15.9 Å². The van der Waals surface area contributed by atoms with Gasteiger partial charge < -0.3 is 5.32 Å². The number of nitrogens with one attached hydrogen (secondary N) is 2. The van der Waals surface area contributed by atoms with Crippen LogP contribution in [0.25, 0.3) is 6.08 Å². The number of thiazole rings is 1. The van der Waals surface area contributed by atoms with Crippen molar-refractivity contribution in [3.05, 3.63) is 52.0 Å². The fourth-order valence-corrected chi connectivity index (χ4v) is 3.18. The van der Waals surface area contributed by atoms with E-state index in [-0.39, 0.29) is 11.9 Å². The summed E-state index contributed by atoms with van der Waals surface area (Å²) in [6.07, 6.45) is 4.19. The fourth-order valence-electron chi connectivity index (χ4n) is 2.05. The Kier molecular flexibility index (Phi) is 5.74. The molecule has 1 amide bonds. The van der Waals surface area contributed by atoms with Crippen molar-refractivity contribution in [2.75, 3.05) is 11.0 Å². The first kappa shape index (κ1) is 18.2. The van der Waals surface area contributed by atoms with Gasteiger partial charge in [0.05, 0.1) is 23.0 Å². The maximum absolute atomic E-state index is 12.0. The number of sulfonamides is 1. The third-order valence-electron chi connectivity index (χ3n) is 3.09. The number of hydrogen-bond acceptors (Lipinski definition) is 5. The number of carbonyl (C=O) groups is 1. The molecule has 0 radical (unpaired) electrons. The predicted molar refractivity (Wildman–Crippen MR) is 97.4 cm³/mol. The molecule has 1 heterocycles. The molecule has 1 aromatic heterocycles. The summed E-state index contributed by atoms with van der Waals surface area (Å²) in [5, 5.41) is 5.66. The molecule has 0 spiro atoms. The molecule has 1 unspecified atom stereocenters. The average molecular weight is 365 g/mol. The Morgan fingerprint density at radius 3 is 2.75 bits per heavy atom. The Morgan fingerprint density at radius 2 is 2.12 bits per heavy atom. The molecule has 2 N–H and O–H groups in total. The summed E-state index contributed by atoms with van der Waals surface area (Å²) in [6, 6.07) is 6.65. The Balaban J connectivity index is 2.01.